The van der Waals surface area contributed by atoms with Crippen molar-refractivity contribution in [3.63, 3.8) is 0 Å². The van der Waals surface area contributed by atoms with Crippen LogP contribution < -0.4 is 5.32 Å². The minimum atomic E-state index is 0.351. The molecule has 0 rings (SSSR count). The molecular weight excluding hydrogens is 134 g/mol. The highest BCUT2D eigenvalue weighted by atomic mass is 14.9. The molecule has 0 radical (unpaired) electrons. The van der Waals surface area contributed by atoms with Crippen molar-refractivity contribution in [1.82, 2.24) is 5.32 Å². The van der Waals surface area contributed by atoms with Crippen LogP contribution in [0.5, 0.6) is 0 Å². The van der Waals surface area contributed by atoms with Crippen molar-refractivity contribution < 1.29 is 0 Å². The van der Waals surface area contributed by atoms with Crippen LogP contribution in [0.15, 0.2) is 0 Å². The molecule has 0 aliphatic heterocycles. The van der Waals surface area contributed by atoms with Crippen LogP contribution in [-0.2, 0) is 0 Å². The first kappa shape index (κ1) is 13.5. The van der Waals surface area contributed by atoms with Gasteiger partial charge in [0.25, 0.3) is 0 Å². The highest BCUT2D eigenvalue weighted by Gasteiger charge is 2.12. The smallest absolute Gasteiger partial charge is 0.0124 e. The summed E-state index contributed by atoms with van der Waals surface area (Å²) in [7, 11) is 0. The molecule has 1 N–H and O–H groups in total. The fourth-order valence-electron chi connectivity index (χ4n) is 1.19. The lowest BCUT2D eigenvalue weighted by Gasteiger charge is -2.24. The number of rotatable bonds is 4. The molecule has 0 unspecified atom stereocenters. The van der Waals surface area contributed by atoms with E-state index in [1.807, 2.05) is 13.8 Å². The molecule has 0 saturated heterocycles. The van der Waals surface area contributed by atoms with Gasteiger partial charge in [-0.25, -0.2) is 0 Å². The van der Waals surface area contributed by atoms with Crippen molar-refractivity contribution >= 4 is 0 Å². The lowest BCUT2D eigenvalue weighted by atomic mass is 9.99. The van der Waals surface area contributed by atoms with Gasteiger partial charge in [0.1, 0.15) is 0 Å². The molecule has 0 atom stereocenters. The maximum Gasteiger partial charge on any atom is 0.0124 e. The monoisotopic (exact) mass is 159 g/mol. The van der Waals surface area contributed by atoms with Crippen LogP contribution in [0.1, 0.15) is 54.4 Å². The van der Waals surface area contributed by atoms with E-state index >= 15 is 0 Å². The molecule has 1 heteroatoms. The van der Waals surface area contributed by atoms with Gasteiger partial charge in [0.15, 0.2) is 0 Å². The Balaban J connectivity index is 0. The lowest BCUT2D eigenvalue weighted by Crippen LogP contribution is -2.38. The first-order chi connectivity index (χ1) is 5.12. The topological polar surface area (TPSA) is 12.0 Å². The van der Waals surface area contributed by atoms with Crippen molar-refractivity contribution in [2.75, 3.05) is 6.54 Å². The van der Waals surface area contributed by atoms with E-state index < -0.39 is 0 Å². The fraction of sp³-hybridized carbons (Fsp3) is 1.00. The highest BCUT2D eigenvalue weighted by Crippen LogP contribution is 2.09. The van der Waals surface area contributed by atoms with Crippen LogP contribution in [0.25, 0.3) is 0 Å². The van der Waals surface area contributed by atoms with Crippen LogP contribution >= 0.6 is 0 Å². The standard InChI is InChI=1S/C8H19N.C2H6/c1-5-7-8(3,4)9-6-2;1-2/h9H,5-7H2,1-4H3;1-2H3. The van der Waals surface area contributed by atoms with E-state index in [1.165, 1.54) is 12.8 Å². The van der Waals surface area contributed by atoms with Crippen molar-refractivity contribution in [2.24, 2.45) is 0 Å². The van der Waals surface area contributed by atoms with Crippen molar-refractivity contribution in [2.45, 2.75) is 59.9 Å². The predicted octanol–water partition coefficient (Wildman–Crippen LogP) is 3.20. The minimum Gasteiger partial charge on any atom is -0.312 e. The third kappa shape index (κ3) is 9.96. The third-order valence-electron chi connectivity index (χ3n) is 1.53. The van der Waals surface area contributed by atoms with E-state index in [9.17, 15) is 0 Å². The first-order valence-electron chi connectivity index (χ1n) is 4.87. The average Bonchev–Trinajstić information content (AvgIpc) is 1.91. The van der Waals surface area contributed by atoms with Gasteiger partial charge in [0.2, 0.25) is 0 Å². The quantitative estimate of drug-likeness (QED) is 0.664. The maximum absolute atomic E-state index is 3.42. The Kier molecular flexibility index (Phi) is 9.92. The Morgan fingerprint density at radius 2 is 1.55 bits per heavy atom. The Bertz CT molecular complexity index is 59.3. The molecular formula is C10H25N. The van der Waals surface area contributed by atoms with Crippen molar-refractivity contribution in [3.8, 4) is 0 Å². The van der Waals surface area contributed by atoms with Gasteiger partial charge in [-0.1, -0.05) is 34.1 Å². The molecule has 0 amide bonds. The lowest BCUT2D eigenvalue weighted by molar-refractivity contribution is 0.368. The summed E-state index contributed by atoms with van der Waals surface area (Å²) >= 11 is 0. The predicted molar refractivity (Wildman–Crippen MR) is 54.0 cm³/mol. The summed E-state index contributed by atoms with van der Waals surface area (Å²) in [5.74, 6) is 0. The minimum absolute atomic E-state index is 0.351. The van der Waals surface area contributed by atoms with Crippen molar-refractivity contribution in [1.29, 1.82) is 0 Å². The van der Waals surface area contributed by atoms with Gasteiger partial charge in [0.05, 0.1) is 0 Å². The molecule has 0 bridgehead atoms. The Morgan fingerprint density at radius 3 is 1.82 bits per heavy atom. The Hall–Kier alpha value is -0.0400. The molecule has 0 aliphatic carbocycles. The third-order valence-corrected chi connectivity index (χ3v) is 1.53. The number of nitrogens with one attached hydrogen (secondary N) is 1. The SMILES string of the molecule is CC.CCCC(C)(C)NCC. The molecule has 70 valence electrons. The second-order valence-electron chi connectivity index (χ2n) is 3.16. The van der Waals surface area contributed by atoms with Crippen LogP contribution in [0.4, 0.5) is 0 Å². The molecule has 0 spiro atoms. The van der Waals surface area contributed by atoms with E-state index in [4.69, 9.17) is 0 Å². The van der Waals surface area contributed by atoms with E-state index in [2.05, 4.69) is 33.0 Å². The maximum atomic E-state index is 3.42. The van der Waals surface area contributed by atoms with E-state index in [0.717, 1.165) is 6.54 Å². The summed E-state index contributed by atoms with van der Waals surface area (Å²) in [5, 5.41) is 3.42. The zero-order valence-corrected chi connectivity index (χ0v) is 9.12. The molecule has 0 heterocycles. The van der Waals surface area contributed by atoms with Gasteiger partial charge in [-0.15, -0.1) is 0 Å². The van der Waals surface area contributed by atoms with Gasteiger partial charge in [-0.3, -0.25) is 0 Å². The van der Waals surface area contributed by atoms with E-state index in [1.54, 1.807) is 0 Å². The van der Waals surface area contributed by atoms with Gasteiger partial charge < -0.3 is 5.32 Å². The second-order valence-corrected chi connectivity index (χ2v) is 3.16. The van der Waals surface area contributed by atoms with Gasteiger partial charge in [-0.2, -0.15) is 0 Å². The van der Waals surface area contributed by atoms with Crippen LogP contribution in [0, 0.1) is 0 Å². The number of hydrogen-bond donors (Lipinski definition) is 1. The Labute approximate surface area is 72.6 Å². The van der Waals surface area contributed by atoms with Gasteiger partial charge in [-0.05, 0) is 26.8 Å². The summed E-state index contributed by atoms with van der Waals surface area (Å²) in [6.45, 7) is 13.9. The summed E-state index contributed by atoms with van der Waals surface area (Å²) in [5.41, 5.74) is 0.351. The van der Waals surface area contributed by atoms with Crippen LogP contribution in [0.2, 0.25) is 0 Å². The second kappa shape index (κ2) is 8.06. The molecule has 0 aromatic rings. The zero-order valence-electron chi connectivity index (χ0n) is 9.12. The van der Waals surface area contributed by atoms with Gasteiger partial charge >= 0.3 is 0 Å². The molecule has 11 heavy (non-hydrogen) atoms. The summed E-state index contributed by atoms with van der Waals surface area (Å²) < 4.78 is 0. The van der Waals surface area contributed by atoms with E-state index in [-0.39, 0.29) is 0 Å². The normalized spacial score (nSPS) is 10.4. The highest BCUT2D eigenvalue weighted by molar-refractivity contribution is 4.74. The summed E-state index contributed by atoms with van der Waals surface area (Å²) in [6, 6.07) is 0. The molecule has 0 aromatic carbocycles. The molecule has 0 saturated carbocycles. The van der Waals surface area contributed by atoms with Crippen LogP contribution in [0.3, 0.4) is 0 Å². The van der Waals surface area contributed by atoms with Crippen LogP contribution in [-0.4, -0.2) is 12.1 Å². The molecule has 0 aliphatic rings. The molecule has 0 aromatic heterocycles. The fourth-order valence-corrected chi connectivity index (χ4v) is 1.19. The number of hydrogen-bond acceptors (Lipinski definition) is 1. The summed E-state index contributed by atoms with van der Waals surface area (Å²) in [6.07, 6.45) is 2.53. The first-order valence-corrected chi connectivity index (χ1v) is 4.87. The largest absolute Gasteiger partial charge is 0.312 e. The summed E-state index contributed by atoms with van der Waals surface area (Å²) in [4.78, 5) is 0. The zero-order chi connectivity index (χ0) is 9.33. The van der Waals surface area contributed by atoms with Crippen molar-refractivity contribution in [3.05, 3.63) is 0 Å². The molecule has 1 nitrogen and oxygen atoms in total. The van der Waals surface area contributed by atoms with Gasteiger partial charge in [0, 0.05) is 5.54 Å². The average molecular weight is 159 g/mol. The molecule has 0 fully saturated rings. The Morgan fingerprint density at radius 1 is 1.09 bits per heavy atom. The van der Waals surface area contributed by atoms with E-state index in [0.29, 0.717) is 5.54 Å².